The molecule has 9 heteroatoms. The molecule has 0 spiro atoms. The van der Waals surface area contributed by atoms with E-state index in [-0.39, 0.29) is 23.5 Å². The second kappa shape index (κ2) is 8.06. The van der Waals surface area contributed by atoms with Gasteiger partial charge in [0, 0.05) is 24.9 Å². The number of halogens is 3. The normalized spacial score (nSPS) is 10.5. The van der Waals surface area contributed by atoms with Crippen LogP contribution in [0.15, 0.2) is 41.3 Å². The van der Waals surface area contributed by atoms with E-state index in [2.05, 4.69) is 10.3 Å². The van der Waals surface area contributed by atoms with Crippen LogP contribution in [-0.4, -0.2) is 16.7 Å². The Morgan fingerprint density at radius 3 is 2.48 bits per heavy atom. The van der Waals surface area contributed by atoms with Crippen LogP contribution in [0.4, 0.5) is 24.7 Å². The van der Waals surface area contributed by atoms with E-state index < -0.39 is 22.9 Å². The molecular formula is C20H15F3N4O2. The molecule has 6 nitrogen and oxygen atoms in total. The third-order valence-electron chi connectivity index (χ3n) is 4.21. The van der Waals surface area contributed by atoms with Gasteiger partial charge in [-0.15, -0.1) is 0 Å². The first-order valence-corrected chi connectivity index (χ1v) is 8.39. The predicted molar refractivity (Wildman–Crippen MR) is 99.6 cm³/mol. The van der Waals surface area contributed by atoms with Crippen molar-refractivity contribution in [2.24, 2.45) is 0 Å². The van der Waals surface area contributed by atoms with E-state index in [1.54, 1.807) is 19.1 Å². The molecule has 148 valence electrons. The zero-order chi connectivity index (χ0) is 21.1. The summed E-state index contributed by atoms with van der Waals surface area (Å²) in [4.78, 5) is 16.3. The summed E-state index contributed by atoms with van der Waals surface area (Å²) in [6, 6.07) is 7.96. The molecular weight excluding hydrogens is 385 g/mol. The van der Waals surface area contributed by atoms with Gasteiger partial charge in [0.25, 0.3) is 0 Å². The van der Waals surface area contributed by atoms with Crippen molar-refractivity contribution >= 4 is 11.5 Å². The van der Waals surface area contributed by atoms with E-state index in [9.17, 15) is 23.2 Å². The monoisotopic (exact) mass is 400 g/mol. The highest BCUT2D eigenvalue weighted by molar-refractivity contribution is 5.65. The lowest BCUT2D eigenvalue weighted by atomic mass is 10.2. The average molecular weight is 400 g/mol. The van der Waals surface area contributed by atoms with Crippen LogP contribution in [0.1, 0.15) is 16.8 Å². The average Bonchev–Trinajstić information content (AvgIpc) is 2.69. The standard InChI is InChI=1S/C20H15F3N4O2/c1-11-16(3-4-18(25-11)29-2)26-20-13(9-24)17(28)5-6-27(20)10-12-7-14(21)19(23)15(22)8-12/h3-8,26H,10H2,1-2H3. The summed E-state index contributed by atoms with van der Waals surface area (Å²) in [6.45, 7) is 1.58. The molecule has 0 amide bonds. The Labute approximate surface area is 163 Å². The van der Waals surface area contributed by atoms with Crippen molar-refractivity contribution in [3.8, 4) is 11.9 Å². The van der Waals surface area contributed by atoms with Crippen molar-refractivity contribution in [3.63, 3.8) is 0 Å². The quantitative estimate of drug-likeness (QED) is 0.662. The number of methoxy groups -OCH3 is 1. The number of aromatic nitrogens is 2. The van der Waals surface area contributed by atoms with Gasteiger partial charge in [-0.05, 0) is 30.7 Å². The highest BCUT2D eigenvalue weighted by Crippen LogP contribution is 2.24. The molecule has 0 saturated carbocycles. The molecule has 0 saturated heterocycles. The molecule has 1 N–H and O–H groups in total. The summed E-state index contributed by atoms with van der Waals surface area (Å²) in [5, 5.41) is 12.4. The van der Waals surface area contributed by atoms with E-state index in [1.165, 1.54) is 23.9 Å². The predicted octanol–water partition coefficient (Wildman–Crippen LogP) is 3.64. The van der Waals surface area contributed by atoms with Crippen molar-refractivity contribution in [1.82, 2.24) is 9.55 Å². The Morgan fingerprint density at radius 1 is 1.21 bits per heavy atom. The lowest BCUT2D eigenvalue weighted by Crippen LogP contribution is -2.17. The number of hydrogen-bond acceptors (Lipinski definition) is 5. The molecule has 0 aliphatic heterocycles. The van der Waals surface area contributed by atoms with E-state index >= 15 is 0 Å². The van der Waals surface area contributed by atoms with Gasteiger partial charge in [-0.2, -0.15) is 5.26 Å². The number of aryl methyl sites for hydroxylation is 1. The molecule has 0 atom stereocenters. The Morgan fingerprint density at radius 2 is 1.90 bits per heavy atom. The Kier molecular flexibility index (Phi) is 5.54. The largest absolute Gasteiger partial charge is 0.481 e. The van der Waals surface area contributed by atoms with Gasteiger partial charge in [0.15, 0.2) is 17.5 Å². The summed E-state index contributed by atoms with van der Waals surface area (Å²) in [5.41, 5.74) is 0.433. The Hall–Kier alpha value is -3.80. The van der Waals surface area contributed by atoms with Crippen LogP contribution in [0.25, 0.3) is 0 Å². The smallest absolute Gasteiger partial charge is 0.213 e. The van der Waals surface area contributed by atoms with E-state index in [1.807, 2.05) is 6.07 Å². The third-order valence-corrected chi connectivity index (χ3v) is 4.21. The van der Waals surface area contributed by atoms with Crippen molar-refractivity contribution in [3.05, 3.63) is 81.0 Å². The summed E-state index contributed by atoms with van der Waals surface area (Å²) >= 11 is 0. The van der Waals surface area contributed by atoms with Crippen LogP contribution in [0.3, 0.4) is 0 Å². The van der Waals surface area contributed by atoms with Gasteiger partial charge in [-0.3, -0.25) is 4.79 Å². The van der Waals surface area contributed by atoms with Gasteiger partial charge < -0.3 is 14.6 Å². The van der Waals surface area contributed by atoms with Gasteiger partial charge in [-0.25, -0.2) is 18.2 Å². The van der Waals surface area contributed by atoms with Gasteiger partial charge >= 0.3 is 0 Å². The molecule has 29 heavy (non-hydrogen) atoms. The third kappa shape index (κ3) is 4.06. The summed E-state index contributed by atoms with van der Waals surface area (Å²) < 4.78 is 46.8. The highest BCUT2D eigenvalue weighted by Gasteiger charge is 2.16. The number of pyridine rings is 2. The molecule has 0 unspecified atom stereocenters. The summed E-state index contributed by atoms with van der Waals surface area (Å²) in [7, 11) is 1.47. The maximum atomic E-state index is 13.6. The van der Waals surface area contributed by atoms with Crippen LogP contribution in [-0.2, 0) is 6.54 Å². The second-order valence-corrected chi connectivity index (χ2v) is 6.13. The molecule has 0 aliphatic rings. The fourth-order valence-corrected chi connectivity index (χ4v) is 2.76. The maximum absolute atomic E-state index is 13.6. The zero-order valence-electron chi connectivity index (χ0n) is 15.5. The molecule has 0 radical (unpaired) electrons. The first-order chi connectivity index (χ1) is 13.8. The van der Waals surface area contributed by atoms with Gasteiger partial charge in [0.1, 0.15) is 17.5 Å². The minimum absolute atomic E-state index is 0.111. The van der Waals surface area contributed by atoms with E-state index in [0.29, 0.717) is 17.3 Å². The number of anilines is 2. The first-order valence-electron chi connectivity index (χ1n) is 8.39. The minimum atomic E-state index is -1.57. The molecule has 2 aromatic heterocycles. The van der Waals surface area contributed by atoms with Gasteiger partial charge in [0.05, 0.1) is 18.5 Å². The van der Waals surface area contributed by atoms with E-state index in [0.717, 1.165) is 12.1 Å². The fourth-order valence-electron chi connectivity index (χ4n) is 2.76. The Bertz CT molecular complexity index is 1160. The van der Waals surface area contributed by atoms with Crippen LogP contribution in [0.2, 0.25) is 0 Å². The topological polar surface area (TPSA) is 79.9 Å². The minimum Gasteiger partial charge on any atom is -0.481 e. The van der Waals surface area contributed by atoms with Gasteiger partial charge in [0.2, 0.25) is 11.3 Å². The summed E-state index contributed by atoms with van der Waals surface area (Å²) in [6.07, 6.45) is 1.37. The van der Waals surface area contributed by atoms with Crippen molar-refractivity contribution < 1.29 is 17.9 Å². The van der Waals surface area contributed by atoms with Crippen LogP contribution >= 0.6 is 0 Å². The number of benzene rings is 1. The van der Waals surface area contributed by atoms with Crippen LogP contribution in [0.5, 0.6) is 5.88 Å². The fraction of sp³-hybridized carbons (Fsp3) is 0.150. The maximum Gasteiger partial charge on any atom is 0.213 e. The zero-order valence-corrected chi connectivity index (χ0v) is 15.5. The van der Waals surface area contributed by atoms with Crippen molar-refractivity contribution in [1.29, 1.82) is 5.26 Å². The highest BCUT2D eigenvalue weighted by atomic mass is 19.2. The number of hydrogen-bond donors (Lipinski definition) is 1. The number of ether oxygens (including phenoxy) is 1. The SMILES string of the molecule is COc1ccc(Nc2c(C#N)c(=O)ccn2Cc2cc(F)c(F)c(F)c2)c(C)n1. The van der Waals surface area contributed by atoms with E-state index in [4.69, 9.17) is 4.74 Å². The molecule has 1 aromatic carbocycles. The molecule has 3 aromatic rings. The molecule has 2 heterocycles. The van der Waals surface area contributed by atoms with Gasteiger partial charge in [-0.1, -0.05) is 0 Å². The molecule has 0 aliphatic carbocycles. The summed E-state index contributed by atoms with van der Waals surface area (Å²) in [5.74, 6) is -3.72. The number of nitrogens with zero attached hydrogens (tertiary/aromatic N) is 3. The first kappa shape index (κ1) is 19.9. The molecule has 0 bridgehead atoms. The lowest BCUT2D eigenvalue weighted by molar-refractivity contribution is 0.397. The Balaban J connectivity index is 2.08. The van der Waals surface area contributed by atoms with Crippen molar-refractivity contribution in [2.75, 3.05) is 12.4 Å². The van der Waals surface area contributed by atoms with Crippen LogP contribution in [0, 0.1) is 35.7 Å². The molecule has 0 fully saturated rings. The number of rotatable bonds is 5. The van der Waals surface area contributed by atoms with Crippen LogP contribution < -0.4 is 15.5 Å². The lowest BCUT2D eigenvalue weighted by Gasteiger charge is -2.18. The second-order valence-electron chi connectivity index (χ2n) is 6.13. The number of nitriles is 1. The number of nitrogens with one attached hydrogen (secondary N) is 1. The van der Waals surface area contributed by atoms with Crippen molar-refractivity contribution in [2.45, 2.75) is 13.5 Å². The molecule has 3 rings (SSSR count).